The summed E-state index contributed by atoms with van der Waals surface area (Å²) in [4.78, 5) is 0.348. The summed E-state index contributed by atoms with van der Waals surface area (Å²) in [6.45, 7) is 3.89. The molecule has 76 valence electrons. The second-order valence-electron chi connectivity index (χ2n) is 4.05. The Hall–Kier alpha value is -0.370. The highest BCUT2D eigenvalue weighted by atomic mass is 79.9. The molecule has 0 fully saturated rings. The number of alkyl halides is 1. The molecule has 1 aromatic carbocycles. The summed E-state index contributed by atoms with van der Waals surface area (Å²) in [5.74, 6) is -0.0624. The van der Waals surface area contributed by atoms with Gasteiger partial charge < -0.3 is 0 Å². The third-order valence-corrected chi connectivity index (χ3v) is 4.02. The van der Waals surface area contributed by atoms with Crippen molar-refractivity contribution in [2.75, 3.05) is 0 Å². The molecule has 0 aliphatic heterocycles. The molecule has 1 aromatic rings. The van der Waals surface area contributed by atoms with Gasteiger partial charge in [0.2, 0.25) is 0 Å². The quantitative estimate of drug-likeness (QED) is 0.610. The highest BCUT2D eigenvalue weighted by Crippen LogP contribution is 2.40. The fourth-order valence-corrected chi connectivity index (χ4v) is 3.25. The molecule has 0 nitrogen and oxygen atoms in total. The Balaban J connectivity index is 2.67. The van der Waals surface area contributed by atoms with Crippen molar-refractivity contribution in [2.24, 2.45) is 0 Å². The fraction of sp³-hybridized carbons (Fsp3) is 0.500. The molecule has 1 aliphatic carbocycles. The van der Waals surface area contributed by atoms with Crippen LogP contribution in [0.25, 0.3) is 0 Å². The summed E-state index contributed by atoms with van der Waals surface area (Å²) in [7, 11) is 0. The van der Waals surface area contributed by atoms with E-state index < -0.39 is 0 Å². The van der Waals surface area contributed by atoms with Gasteiger partial charge in [0.05, 0.1) is 0 Å². The maximum absolute atomic E-state index is 13.5. The zero-order chi connectivity index (χ0) is 10.3. The van der Waals surface area contributed by atoms with Crippen LogP contribution >= 0.6 is 15.9 Å². The van der Waals surface area contributed by atoms with Gasteiger partial charge in [0.1, 0.15) is 5.82 Å². The molecule has 2 rings (SSSR count). The van der Waals surface area contributed by atoms with Crippen LogP contribution in [0, 0.1) is 19.7 Å². The minimum Gasteiger partial charge on any atom is -0.207 e. The van der Waals surface area contributed by atoms with Crippen LogP contribution in [0.4, 0.5) is 4.39 Å². The molecule has 0 heterocycles. The Bertz CT molecular complexity index is 371. The first-order valence-electron chi connectivity index (χ1n) is 5.04. The van der Waals surface area contributed by atoms with E-state index in [9.17, 15) is 4.39 Å². The molecule has 0 saturated carbocycles. The van der Waals surface area contributed by atoms with Crippen molar-refractivity contribution in [3.8, 4) is 0 Å². The maximum atomic E-state index is 13.5. The van der Waals surface area contributed by atoms with E-state index in [1.165, 1.54) is 17.5 Å². The van der Waals surface area contributed by atoms with E-state index in [0.717, 1.165) is 24.0 Å². The van der Waals surface area contributed by atoms with Crippen LogP contribution in [-0.2, 0) is 6.42 Å². The first-order valence-corrected chi connectivity index (χ1v) is 5.95. The molecule has 14 heavy (non-hydrogen) atoms. The molecule has 0 bridgehead atoms. The molecule has 0 aromatic heterocycles. The third-order valence-electron chi connectivity index (χ3n) is 3.10. The lowest BCUT2D eigenvalue weighted by atomic mass is 9.85. The number of aryl methyl sites for hydroxylation is 1. The first-order chi connectivity index (χ1) is 6.61. The smallest absolute Gasteiger partial charge is 0.126 e. The average Bonchev–Trinajstić information content (AvgIpc) is 2.14. The fourth-order valence-electron chi connectivity index (χ4n) is 2.31. The second kappa shape index (κ2) is 3.65. The van der Waals surface area contributed by atoms with Crippen LogP contribution in [-0.4, -0.2) is 0 Å². The van der Waals surface area contributed by atoms with E-state index in [0.29, 0.717) is 4.83 Å². The van der Waals surface area contributed by atoms with Gasteiger partial charge in [0.15, 0.2) is 0 Å². The van der Waals surface area contributed by atoms with Crippen LogP contribution in [0.2, 0.25) is 0 Å². The second-order valence-corrected chi connectivity index (χ2v) is 5.16. The molecule has 0 N–H and O–H groups in total. The monoisotopic (exact) mass is 256 g/mol. The van der Waals surface area contributed by atoms with Gasteiger partial charge in [-0.25, -0.2) is 4.39 Å². The molecular formula is C12H14BrF. The van der Waals surface area contributed by atoms with Crippen LogP contribution in [0.5, 0.6) is 0 Å². The minimum atomic E-state index is -0.0624. The lowest BCUT2D eigenvalue weighted by molar-refractivity contribution is 0.599. The van der Waals surface area contributed by atoms with Crippen LogP contribution < -0.4 is 0 Å². The van der Waals surface area contributed by atoms with E-state index in [4.69, 9.17) is 0 Å². The Kier molecular flexibility index (Phi) is 2.65. The summed E-state index contributed by atoms with van der Waals surface area (Å²) >= 11 is 3.64. The minimum absolute atomic E-state index is 0.0624. The lowest BCUT2D eigenvalue weighted by Gasteiger charge is -2.25. The summed E-state index contributed by atoms with van der Waals surface area (Å²) in [6, 6.07) is 1.67. The van der Waals surface area contributed by atoms with E-state index in [2.05, 4.69) is 15.9 Å². The molecule has 0 saturated heterocycles. The molecule has 1 atom stereocenters. The van der Waals surface area contributed by atoms with E-state index in [-0.39, 0.29) is 5.82 Å². The van der Waals surface area contributed by atoms with E-state index in [1.54, 1.807) is 6.07 Å². The van der Waals surface area contributed by atoms with Crippen molar-refractivity contribution in [2.45, 2.75) is 37.9 Å². The summed E-state index contributed by atoms with van der Waals surface area (Å²) < 4.78 is 13.5. The topological polar surface area (TPSA) is 0 Å². The van der Waals surface area contributed by atoms with Crippen molar-refractivity contribution in [1.82, 2.24) is 0 Å². The average molecular weight is 257 g/mol. The zero-order valence-corrected chi connectivity index (χ0v) is 10.1. The summed E-state index contributed by atoms with van der Waals surface area (Å²) in [6.07, 6.45) is 3.43. The molecule has 0 amide bonds. The highest BCUT2D eigenvalue weighted by molar-refractivity contribution is 9.09. The van der Waals surface area contributed by atoms with Gasteiger partial charge in [-0.05, 0) is 61.4 Å². The van der Waals surface area contributed by atoms with Crippen molar-refractivity contribution < 1.29 is 4.39 Å². The molecule has 1 unspecified atom stereocenters. The third kappa shape index (κ3) is 1.50. The van der Waals surface area contributed by atoms with Gasteiger partial charge in [-0.1, -0.05) is 15.9 Å². The Labute approximate surface area is 92.6 Å². The van der Waals surface area contributed by atoms with Gasteiger partial charge in [0, 0.05) is 4.83 Å². The van der Waals surface area contributed by atoms with Crippen LogP contribution in [0.1, 0.15) is 39.9 Å². The van der Waals surface area contributed by atoms with Crippen molar-refractivity contribution in [1.29, 1.82) is 0 Å². The van der Waals surface area contributed by atoms with Crippen molar-refractivity contribution >= 4 is 15.9 Å². The SMILES string of the molecule is Cc1cc(F)c(C)c2c1CCCC2Br. The number of hydrogen-bond acceptors (Lipinski definition) is 0. The molecule has 0 radical (unpaired) electrons. The van der Waals surface area contributed by atoms with Crippen molar-refractivity contribution in [3.05, 3.63) is 34.1 Å². The molecule has 1 aliphatic rings. The Morgan fingerprint density at radius 2 is 2.14 bits per heavy atom. The number of fused-ring (bicyclic) bond motifs is 1. The molecular weight excluding hydrogens is 243 g/mol. The number of hydrogen-bond donors (Lipinski definition) is 0. The zero-order valence-electron chi connectivity index (χ0n) is 8.53. The maximum Gasteiger partial charge on any atom is 0.126 e. The summed E-state index contributed by atoms with van der Waals surface area (Å²) in [5.41, 5.74) is 4.49. The molecule has 0 spiro atoms. The van der Waals surface area contributed by atoms with E-state index in [1.807, 2.05) is 13.8 Å². The number of benzene rings is 1. The summed E-state index contributed by atoms with van der Waals surface area (Å²) in [5, 5.41) is 0. The lowest BCUT2D eigenvalue weighted by Crippen LogP contribution is -2.10. The first kappa shape index (κ1) is 10.2. The number of rotatable bonds is 0. The standard InChI is InChI=1S/C12H14BrF/c1-7-6-11(14)8(2)12-9(7)4-3-5-10(12)13/h6,10H,3-5H2,1-2H3. The van der Waals surface area contributed by atoms with Gasteiger partial charge in [-0.2, -0.15) is 0 Å². The normalized spacial score (nSPS) is 20.7. The number of halogens is 2. The van der Waals surface area contributed by atoms with Gasteiger partial charge in [-0.15, -0.1) is 0 Å². The van der Waals surface area contributed by atoms with Crippen molar-refractivity contribution in [3.63, 3.8) is 0 Å². The largest absolute Gasteiger partial charge is 0.207 e. The Morgan fingerprint density at radius 3 is 2.86 bits per heavy atom. The Morgan fingerprint density at radius 1 is 1.43 bits per heavy atom. The highest BCUT2D eigenvalue weighted by Gasteiger charge is 2.22. The van der Waals surface area contributed by atoms with E-state index >= 15 is 0 Å². The molecule has 2 heteroatoms. The van der Waals surface area contributed by atoms with Crippen LogP contribution in [0.3, 0.4) is 0 Å². The van der Waals surface area contributed by atoms with Crippen LogP contribution in [0.15, 0.2) is 6.07 Å². The van der Waals surface area contributed by atoms with Gasteiger partial charge in [-0.3, -0.25) is 0 Å². The van der Waals surface area contributed by atoms with Gasteiger partial charge >= 0.3 is 0 Å². The predicted octanol–water partition coefficient (Wildman–Crippen LogP) is 4.21. The predicted molar refractivity (Wildman–Crippen MR) is 60.5 cm³/mol. The van der Waals surface area contributed by atoms with Gasteiger partial charge in [0.25, 0.3) is 0 Å².